The summed E-state index contributed by atoms with van der Waals surface area (Å²) in [6.07, 6.45) is 0. The van der Waals surface area contributed by atoms with Crippen molar-refractivity contribution in [1.29, 1.82) is 0 Å². The summed E-state index contributed by atoms with van der Waals surface area (Å²) in [5, 5.41) is 9.48. The SMILES string of the molecule is Cc1c(Cl)cccc1N(CC(=O)O)S(=O)(=O)c1ccc(Br)cc1. The van der Waals surface area contributed by atoms with Crippen LogP contribution in [0.5, 0.6) is 0 Å². The number of carboxylic acids is 1. The van der Waals surface area contributed by atoms with E-state index in [-0.39, 0.29) is 10.6 Å². The number of rotatable bonds is 5. The van der Waals surface area contributed by atoms with E-state index in [2.05, 4.69) is 15.9 Å². The van der Waals surface area contributed by atoms with Crippen molar-refractivity contribution >= 4 is 49.2 Å². The first-order valence-corrected chi connectivity index (χ1v) is 9.10. The maximum atomic E-state index is 12.8. The molecule has 2 aromatic carbocycles. The summed E-state index contributed by atoms with van der Waals surface area (Å²) < 4.78 is 27.3. The molecule has 0 aliphatic rings. The fraction of sp³-hybridized carbons (Fsp3) is 0.133. The zero-order valence-corrected chi connectivity index (χ0v) is 15.2. The van der Waals surface area contributed by atoms with Gasteiger partial charge in [-0.05, 0) is 48.9 Å². The Bertz CT molecular complexity index is 837. The van der Waals surface area contributed by atoms with Crippen LogP contribution in [0.3, 0.4) is 0 Å². The van der Waals surface area contributed by atoms with Gasteiger partial charge < -0.3 is 5.11 Å². The standard InChI is InChI=1S/C15H13BrClNO4S/c1-10-13(17)3-2-4-14(10)18(9-15(19)20)23(21,22)12-7-5-11(16)6-8-12/h2-8H,9H2,1H3,(H,19,20). The van der Waals surface area contributed by atoms with Crippen LogP contribution >= 0.6 is 27.5 Å². The van der Waals surface area contributed by atoms with Crippen LogP contribution in [0.1, 0.15) is 5.56 Å². The Kier molecular flexibility index (Phi) is 5.33. The van der Waals surface area contributed by atoms with Crippen molar-refractivity contribution in [3.8, 4) is 0 Å². The lowest BCUT2D eigenvalue weighted by Crippen LogP contribution is -2.36. The number of anilines is 1. The molecule has 0 saturated carbocycles. The highest BCUT2D eigenvalue weighted by atomic mass is 79.9. The van der Waals surface area contributed by atoms with Crippen molar-refractivity contribution in [2.45, 2.75) is 11.8 Å². The van der Waals surface area contributed by atoms with E-state index >= 15 is 0 Å². The molecule has 122 valence electrons. The monoisotopic (exact) mass is 417 g/mol. The van der Waals surface area contributed by atoms with E-state index in [1.807, 2.05) is 0 Å². The molecule has 1 N–H and O–H groups in total. The Balaban J connectivity index is 2.60. The second-order valence-corrected chi connectivity index (χ2v) is 7.93. The fourth-order valence-corrected chi connectivity index (χ4v) is 3.93. The van der Waals surface area contributed by atoms with Gasteiger partial charge in [-0.15, -0.1) is 0 Å². The van der Waals surface area contributed by atoms with E-state index < -0.39 is 22.5 Å². The highest BCUT2D eigenvalue weighted by molar-refractivity contribution is 9.10. The number of halogens is 2. The molecule has 0 bridgehead atoms. The maximum absolute atomic E-state index is 12.8. The van der Waals surface area contributed by atoms with Gasteiger partial charge in [0.05, 0.1) is 10.6 Å². The number of carbonyl (C=O) groups is 1. The molecule has 2 rings (SSSR count). The van der Waals surface area contributed by atoms with Crippen LogP contribution in [0.2, 0.25) is 5.02 Å². The third-order valence-electron chi connectivity index (χ3n) is 3.19. The first kappa shape index (κ1) is 17.8. The maximum Gasteiger partial charge on any atom is 0.324 e. The molecule has 23 heavy (non-hydrogen) atoms. The number of benzene rings is 2. The molecular formula is C15H13BrClNO4S. The summed E-state index contributed by atoms with van der Waals surface area (Å²) in [4.78, 5) is 11.2. The largest absolute Gasteiger partial charge is 0.480 e. The van der Waals surface area contributed by atoms with E-state index in [0.717, 1.165) is 8.78 Å². The Morgan fingerprint density at radius 2 is 1.83 bits per heavy atom. The molecule has 0 heterocycles. The van der Waals surface area contributed by atoms with Crippen LogP contribution in [-0.2, 0) is 14.8 Å². The predicted molar refractivity (Wildman–Crippen MR) is 92.5 cm³/mol. The number of hydrogen-bond acceptors (Lipinski definition) is 3. The minimum absolute atomic E-state index is 0.00123. The molecule has 0 saturated heterocycles. The van der Waals surface area contributed by atoms with Crippen LogP contribution in [0, 0.1) is 6.92 Å². The number of aliphatic carboxylic acids is 1. The minimum Gasteiger partial charge on any atom is -0.480 e. The van der Waals surface area contributed by atoms with E-state index in [1.54, 1.807) is 31.2 Å². The molecular weight excluding hydrogens is 406 g/mol. The summed E-state index contributed by atoms with van der Waals surface area (Å²) in [5.74, 6) is -1.26. The van der Waals surface area contributed by atoms with Gasteiger partial charge >= 0.3 is 5.97 Å². The van der Waals surface area contributed by atoms with Gasteiger partial charge in [-0.2, -0.15) is 0 Å². The molecule has 0 unspecified atom stereocenters. The van der Waals surface area contributed by atoms with Gasteiger partial charge in [0.1, 0.15) is 6.54 Å². The van der Waals surface area contributed by atoms with Crippen molar-refractivity contribution < 1.29 is 18.3 Å². The Morgan fingerprint density at radius 1 is 1.22 bits per heavy atom. The summed E-state index contributed by atoms with van der Waals surface area (Å²) >= 11 is 9.27. The topological polar surface area (TPSA) is 74.7 Å². The first-order valence-electron chi connectivity index (χ1n) is 6.48. The van der Waals surface area contributed by atoms with Gasteiger partial charge in [-0.3, -0.25) is 9.10 Å². The van der Waals surface area contributed by atoms with Crippen molar-refractivity contribution in [3.05, 3.63) is 57.5 Å². The normalized spacial score (nSPS) is 11.3. The van der Waals surface area contributed by atoms with Crippen LogP contribution in [-0.4, -0.2) is 26.0 Å². The van der Waals surface area contributed by atoms with Crippen LogP contribution < -0.4 is 4.31 Å². The second kappa shape index (κ2) is 6.90. The second-order valence-electron chi connectivity index (χ2n) is 4.74. The molecule has 0 spiro atoms. The molecule has 5 nitrogen and oxygen atoms in total. The van der Waals surface area contributed by atoms with Crippen LogP contribution in [0.15, 0.2) is 51.8 Å². The first-order chi connectivity index (χ1) is 10.7. The van der Waals surface area contributed by atoms with Gasteiger partial charge in [-0.1, -0.05) is 33.6 Å². The lowest BCUT2D eigenvalue weighted by molar-refractivity contribution is -0.135. The zero-order chi connectivity index (χ0) is 17.2. The van der Waals surface area contributed by atoms with Gasteiger partial charge in [0.2, 0.25) is 0 Å². The Hall–Kier alpha value is -1.57. The fourth-order valence-electron chi connectivity index (χ4n) is 2.02. The summed E-state index contributed by atoms with van der Waals surface area (Å²) in [6, 6.07) is 10.7. The smallest absolute Gasteiger partial charge is 0.324 e. The summed E-state index contributed by atoms with van der Waals surface area (Å²) in [7, 11) is -4.03. The third kappa shape index (κ3) is 3.85. The average Bonchev–Trinajstić information content (AvgIpc) is 2.48. The van der Waals surface area contributed by atoms with Gasteiger partial charge in [0.25, 0.3) is 10.0 Å². The molecule has 0 atom stereocenters. The highest BCUT2D eigenvalue weighted by Gasteiger charge is 2.28. The summed E-state index contributed by atoms with van der Waals surface area (Å²) in [6.45, 7) is 0.948. The van der Waals surface area contributed by atoms with Crippen molar-refractivity contribution in [3.63, 3.8) is 0 Å². The average molecular weight is 419 g/mol. The molecule has 8 heteroatoms. The molecule has 0 aliphatic heterocycles. The lowest BCUT2D eigenvalue weighted by Gasteiger charge is -2.24. The number of hydrogen-bond donors (Lipinski definition) is 1. The minimum atomic E-state index is -4.03. The van der Waals surface area contributed by atoms with Crippen molar-refractivity contribution in [2.75, 3.05) is 10.8 Å². The lowest BCUT2D eigenvalue weighted by atomic mass is 10.2. The van der Waals surface area contributed by atoms with E-state index in [9.17, 15) is 13.2 Å². The molecule has 0 aromatic heterocycles. The molecule has 0 amide bonds. The van der Waals surface area contributed by atoms with Crippen molar-refractivity contribution in [2.24, 2.45) is 0 Å². The van der Waals surface area contributed by atoms with Gasteiger partial charge in [0.15, 0.2) is 0 Å². The van der Waals surface area contributed by atoms with E-state index in [1.165, 1.54) is 18.2 Å². The molecule has 0 aliphatic carbocycles. The number of nitrogens with zero attached hydrogens (tertiary/aromatic N) is 1. The van der Waals surface area contributed by atoms with E-state index in [4.69, 9.17) is 16.7 Å². The molecule has 0 fully saturated rings. The third-order valence-corrected chi connectivity index (χ3v) is 5.90. The van der Waals surface area contributed by atoms with Gasteiger partial charge in [0, 0.05) is 9.50 Å². The molecule has 0 radical (unpaired) electrons. The quantitative estimate of drug-likeness (QED) is 0.803. The van der Waals surface area contributed by atoms with Crippen LogP contribution in [0.4, 0.5) is 5.69 Å². The molecule has 2 aromatic rings. The number of sulfonamides is 1. The van der Waals surface area contributed by atoms with E-state index in [0.29, 0.717) is 10.6 Å². The summed E-state index contributed by atoms with van der Waals surface area (Å²) in [5.41, 5.74) is 0.735. The number of carboxylic acid groups (broad SMARTS) is 1. The zero-order valence-electron chi connectivity index (χ0n) is 12.0. The van der Waals surface area contributed by atoms with Crippen LogP contribution in [0.25, 0.3) is 0 Å². The highest BCUT2D eigenvalue weighted by Crippen LogP contribution is 2.31. The Labute approximate surface area is 147 Å². The predicted octanol–water partition coefficient (Wildman–Crippen LogP) is 3.69. The van der Waals surface area contributed by atoms with Crippen molar-refractivity contribution in [1.82, 2.24) is 0 Å². The Morgan fingerprint density at radius 3 is 2.39 bits per heavy atom. The van der Waals surface area contributed by atoms with Gasteiger partial charge in [-0.25, -0.2) is 8.42 Å².